The number of aromatic nitrogens is 1. The molecule has 9 nitrogen and oxygen atoms in total. The number of anilines is 2. The fourth-order valence-electron chi connectivity index (χ4n) is 3.52. The predicted octanol–water partition coefficient (Wildman–Crippen LogP) is 4.81. The van der Waals surface area contributed by atoms with E-state index in [0.29, 0.717) is 32.9 Å². The van der Waals surface area contributed by atoms with Crippen LogP contribution in [0, 0.1) is 11.3 Å². The Morgan fingerprint density at radius 2 is 1.84 bits per heavy atom. The second kappa shape index (κ2) is 11.2. The molecule has 2 aromatic carbocycles. The van der Waals surface area contributed by atoms with Gasteiger partial charge < -0.3 is 20.5 Å². The van der Waals surface area contributed by atoms with Crippen LogP contribution in [0.15, 0.2) is 72.1 Å². The lowest BCUT2D eigenvalue weighted by Crippen LogP contribution is -2.24. The Bertz CT molecular complexity index is 1530. The van der Waals surface area contributed by atoms with E-state index in [4.69, 9.17) is 4.74 Å². The molecular weight excluding hydrogens is 492 g/mol. The molecule has 37 heavy (non-hydrogen) atoms. The molecule has 2 heterocycles. The summed E-state index contributed by atoms with van der Waals surface area (Å²) < 4.78 is 4.72. The molecular formula is C27H20N4O5S. The van der Waals surface area contributed by atoms with Crippen molar-refractivity contribution in [3.05, 3.63) is 82.6 Å². The molecule has 0 aliphatic heterocycles. The third-order valence-corrected chi connectivity index (χ3v) is 6.05. The minimum absolute atomic E-state index is 0.0117. The number of ether oxygens (including phenoxy) is 1. The Morgan fingerprint density at radius 3 is 2.54 bits per heavy atom. The molecule has 0 aliphatic rings. The zero-order valence-electron chi connectivity index (χ0n) is 19.5. The van der Waals surface area contributed by atoms with Gasteiger partial charge in [-0.3, -0.25) is 9.59 Å². The molecule has 0 atom stereocenters. The van der Waals surface area contributed by atoms with E-state index in [1.54, 1.807) is 73.0 Å². The standard InChI is InChI=1S/C27H20N4O5S/c1-2-36-27(35)26(34)29-17-8-5-7-16(13-17)19-14-21(18-9-3-4-10-22(18)32)30-24(20(19)15-28)31-25(33)23-11-6-12-37-23/h3-14,32H,2H2,1H3,(H,29,34)(H,30,31,33). The summed E-state index contributed by atoms with van der Waals surface area (Å²) in [6.45, 7) is 1.65. The fourth-order valence-corrected chi connectivity index (χ4v) is 4.14. The highest BCUT2D eigenvalue weighted by Gasteiger charge is 2.20. The van der Waals surface area contributed by atoms with Gasteiger partial charge in [0.15, 0.2) is 5.82 Å². The van der Waals surface area contributed by atoms with Crippen molar-refractivity contribution >= 4 is 40.6 Å². The summed E-state index contributed by atoms with van der Waals surface area (Å²) in [5.74, 6) is -2.41. The van der Waals surface area contributed by atoms with Crippen molar-refractivity contribution in [2.75, 3.05) is 17.2 Å². The summed E-state index contributed by atoms with van der Waals surface area (Å²) in [5.41, 5.74) is 1.98. The number of nitriles is 1. The number of carbonyl (C=O) groups excluding carboxylic acids is 3. The second-order valence-corrected chi connectivity index (χ2v) is 8.54. The van der Waals surface area contributed by atoms with Crippen LogP contribution in [0.3, 0.4) is 0 Å². The first-order valence-electron chi connectivity index (χ1n) is 11.1. The molecule has 4 aromatic rings. The average molecular weight is 513 g/mol. The predicted molar refractivity (Wildman–Crippen MR) is 139 cm³/mol. The Balaban J connectivity index is 1.82. The lowest BCUT2D eigenvalue weighted by molar-refractivity contribution is -0.152. The third-order valence-electron chi connectivity index (χ3n) is 5.18. The van der Waals surface area contributed by atoms with Gasteiger partial charge in [0.05, 0.1) is 17.2 Å². The number of para-hydroxylation sites is 1. The molecule has 0 saturated heterocycles. The van der Waals surface area contributed by atoms with Gasteiger partial charge >= 0.3 is 11.9 Å². The molecule has 184 valence electrons. The number of hydrogen-bond donors (Lipinski definition) is 3. The van der Waals surface area contributed by atoms with Crippen LogP contribution in [0.1, 0.15) is 22.2 Å². The van der Waals surface area contributed by atoms with Gasteiger partial charge in [0.1, 0.15) is 17.4 Å². The van der Waals surface area contributed by atoms with Crippen molar-refractivity contribution in [2.45, 2.75) is 6.92 Å². The first kappa shape index (κ1) is 25.1. The van der Waals surface area contributed by atoms with E-state index in [1.165, 1.54) is 17.4 Å². The topological polar surface area (TPSA) is 141 Å². The molecule has 0 saturated carbocycles. The molecule has 0 unspecified atom stereocenters. The van der Waals surface area contributed by atoms with Crippen molar-refractivity contribution < 1.29 is 24.2 Å². The summed E-state index contributed by atoms with van der Waals surface area (Å²) in [4.78, 5) is 41.6. The number of nitrogens with one attached hydrogen (secondary N) is 2. The van der Waals surface area contributed by atoms with Crippen molar-refractivity contribution in [3.63, 3.8) is 0 Å². The summed E-state index contributed by atoms with van der Waals surface area (Å²) in [7, 11) is 0. The van der Waals surface area contributed by atoms with Crippen LogP contribution in [0.25, 0.3) is 22.4 Å². The Kier molecular flexibility index (Phi) is 7.56. The molecule has 0 bridgehead atoms. The molecule has 3 N–H and O–H groups in total. The monoisotopic (exact) mass is 512 g/mol. The Hall–Kier alpha value is -5.01. The highest BCUT2D eigenvalue weighted by molar-refractivity contribution is 7.12. The number of nitrogens with zero attached hydrogens (tertiary/aromatic N) is 2. The normalized spacial score (nSPS) is 10.3. The van der Waals surface area contributed by atoms with Crippen LogP contribution in [-0.2, 0) is 14.3 Å². The van der Waals surface area contributed by atoms with Gasteiger partial charge in [0.2, 0.25) is 0 Å². The van der Waals surface area contributed by atoms with E-state index >= 15 is 0 Å². The molecule has 4 rings (SSSR count). The molecule has 2 aromatic heterocycles. The number of amides is 2. The van der Waals surface area contributed by atoms with Crippen LogP contribution < -0.4 is 10.6 Å². The average Bonchev–Trinajstić information content (AvgIpc) is 3.44. The number of carbonyl (C=O) groups is 3. The van der Waals surface area contributed by atoms with E-state index in [9.17, 15) is 24.8 Å². The van der Waals surface area contributed by atoms with E-state index in [1.807, 2.05) is 0 Å². The van der Waals surface area contributed by atoms with Gasteiger partial charge in [-0.05, 0) is 54.3 Å². The number of thiophene rings is 1. The van der Waals surface area contributed by atoms with Crippen molar-refractivity contribution in [2.24, 2.45) is 0 Å². The summed E-state index contributed by atoms with van der Waals surface area (Å²) in [6.07, 6.45) is 0. The van der Waals surface area contributed by atoms with E-state index in [-0.39, 0.29) is 23.7 Å². The highest BCUT2D eigenvalue weighted by atomic mass is 32.1. The van der Waals surface area contributed by atoms with Crippen LogP contribution in [0.4, 0.5) is 11.5 Å². The van der Waals surface area contributed by atoms with Gasteiger partial charge in [-0.25, -0.2) is 9.78 Å². The number of phenols is 1. The maximum absolute atomic E-state index is 12.8. The van der Waals surface area contributed by atoms with Crippen molar-refractivity contribution in [3.8, 4) is 34.2 Å². The van der Waals surface area contributed by atoms with Gasteiger partial charge in [-0.1, -0.05) is 30.3 Å². The molecule has 0 radical (unpaired) electrons. The maximum Gasteiger partial charge on any atom is 0.397 e. The summed E-state index contributed by atoms with van der Waals surface area (Å²) >= 11 is 1.24. The van der Waals surface area contributed by atoms with Gasteiger partial charge in [0, 0.05) is 16.8 Å². The minimum atomic E-state index is -1.02. The minimum Gasteiger partial charge on any atom is -0.507 e. The summed E-state index contributed by atoms with van der Waals surface area (Å²) in [5, 5.41) is 27.4. The molecule has 10 heteroatoms. The number of aromatic hydroxyl groups is 1. The molecule has 2 amide bonds. The maximum atomic E-state index is 12.8. The number of benzene rings is 2. The zero-order chi connectivity index (χ0) is 26.4. The number of phenolic OH excluding ortho intramolecular Hbond substituents is 1. The first-order chi connectivity index (χ1) is 17.9. The smallest absolute Gasteiger partial charge is 0.397 e. The number of esters is 1. The van der Waals surface area contributed by atoms with E-state index in [2.05, 4.69) is 21.7 Å². The fraction of sp³-hybridized carbons (Fsp3) is 0.0741. The highest BCUT2D eigenvalue weighted by Crippen LogP contribution is 2.36. The Labute approximate surface area is 216 Å². The second-order valence-electron chi connectivity index (χ2n) is 7.59. The van der Waals surface area contributed by atoms with E-state index in [0.717, 1.165) is 0 Å². The van der Waals surface area contributed by atoms with E-state index < -0.39 is 17.8 Å². The molecule has 0 fully saturated rings. The number of pyridine rings is 1. The lowest BCUT2D eigenvalue weighted by atomic mass is 9.97. The number of rotatable bonds is 6. The van der Waals surface area contributed by atoms with Crippen LogP contribution in [0.2, 0.25) is 0 Å². The zero-order valence-corrected chi connectivity index (χ0v) is 20.3. The van der Waals surface area contributed by atoms with Crippen molar-refractivity contribution in [1.29, 1.82) is 5.26 Å². The van der Waals surface area contributed by atoms with Gasteiger partial charge in [-0.2, -0.15) is 5.26 Å². The van der Waals surface area contributed by atoms with Gasteiger partial charge in [-0.15, -0.1) is 11.3 Å². The first-order valence-corrected chi connectivity index (χ1v) is 12.0. The SMILES string of the molecule is CCOC(=O)C(=O)Nc1cccc(-c2cc(-c3ccccc3O)nc(NC(=O)c3cccs3)c2C#N)c1. The Morgan fingerprint density at radius 1 is 1.03 bits per heavy atom. The lowest BCUT2D eigenvalue weighted by Gasteiger charge is -2.15. The third kappa shape index (κ3) is 5.63. The van der Waals surface area contributed by atoms with Crippen LogP contribution in [-0.4, -0.2) is 34.5 Å². The summed E-state index contributed by atoms with van der Waals surface area (Å²) in [6, 6.07) is 20.2. The van der Waals surface area contributed by atoms with Crippen LogP contribution >= 0.6 is 11.3 Å². The molecule has 0 spiro atoms. The molecule has 0 aliphatic carbocycles. The van der Waals surface area contributed by atoms with Crippen LogP contribution in [0.5, 0.6) is 5.75 Å². The number of hydrogen-bond acceptors (Lipinski definition) is 8. The quantitative estimate of drug-likeness (QED) is 0.249. The van der Waals surface area contributed by atoms with Crippen molar-refractivity contribution in [1.82, 2.24) is 4.98 Å². The van der Waals surface area contributed by atoms with Gasteiger partial charge in [0.25, 0.3) is 5.91 Å². The largest absolute Gasteiger partial charge is 0.507 e.